The molecule has 1 amide bonds. The van der Waals surface area contributed by atoms with Crippen molar-refractivity contribution in [2.24, 2.45) is 5.92 Å². The molecule has 1 aromatic carbocycles. The Hall–Kier alpha value is -1.88. The normalized spacial score (nSPS) is 19.9. The number of carbonyl (C=O) groups excluding carboxylic acids is 1. The number of likely N-dealkylation sites (tertiary alicyclic amines) is 2. The van der Waals surface area contributed by atoms with Crippen LogP contribution in [-0.2, 0) is 11.2 Å². The quantitative estimate of drug-likeness (QED) is 0.854. The number of piperidine rings is 1. The molecule has 1 N–H and O–H groups in total. The lowest BCUT2D eigenvalue weighted by molar-refractivity contribution is -0.131. The van der Waals surface area contributed by atoms with Crippen molar-refractivity contribution in [3.63, 3.8) is 0 Å². The summed E-state index contributed by atoms with van der Waals surface area (Å²) in [6.45, 7) is 7.36. The van der Waals surface area contributed by atoms with Crippen LogP contribution in [0.4, 0.5) is 4.39 Å². The van der Waals surface area contributed by atoms with E-state index in [2.05, 4.69) is 9.88 Å². The number of nitrogens with one attached hydrogen (secondary N) is 1. The Morgan fingerprint density at radius 3 is 2.54 bits per heavy atom. The molecule has 4 rings (SSSR count). The first-order valence-electron chi connectivity index (χ1n) is 10.9. The number of fused-ring (bicyclic) bond motifs is 1. The predicted molar refractivity (Wildman–Crippen MR) is 111 cm³/mol. The molecule has 4 nitrogen and oxygen atoms in total. The van der Waals surface area contributed by atoms with E-state index < -0.39 is 0 Å². The molecule has 0 aliphatic carbocycles. The monoisotopic (exact) mass is 385 g/mol. The number of carbonyl (C=O) groups is 1. The predicted octanol–water partition coefficient (Wildman–Crippen LogP) is 4.27. The third-order valence-corrected chi connectivity index (χ3v) is 6.59. The second kappa shape index (κ2) is 8.64. The molecule has 5 heteroatoms. The highest BCUT2D eigenvalue weighted by atomic mass is 19.1. The maximum Gasteiger partial charge on any atom is 0.227 e. The van der Waals surface area contributed by atoms with Crippen molar-refractivity contribution >= 4 is 16.8 Å². The van der Waals surface area contributed by atoms with Gasteiger partial charge in [0.15, 0.2) is 0 Å². The summed E-state index contributed by atoms with van der Waals surface area (Å²) in [7, 11) is 0. The average Bonchev–Trinajstić information content (AvgIpc) is 2.86. The van der Waals surface area contributed by atoms with E-state index in [-0.39, 0.29) is 11.7 Å². The van der Waals surface area contributed by atoms with Gasteiger partial charge in [0.25, 0.3) is 0 Å². The van der Waals surface area contributed by atoms with E-state index in [0.717, 1.165) is 48.1 Å². The molecule has 2 saturated heterocycles. The summed E-state index contributed by atoms with van der Waals surface area (Å²) in [5.74, 6) is 0.627. The third-order valence-electron chi connectivity index (χ3n) is 6.59. The van der Waals surface area contributed by atoms with Gasteiger partial charge in [-0.25, -0.2) is 4.39 Å². The van der Waals surface area contributed by atoms with Gasteiger partial charge >= 0.3 is 0 Å². The van der Waals surface area contributed by atoms with Gasteiger partial charge in [-0.2, -0.15) is 0 Å². The van der Waals surface area contributed by atoms with E-state index in [1.54, 1.807) is 6.07 Å². The SMILES string of the molecule is Cc1[nH]c2ccc(F)cc2c1CC(=O)N1CCC(CN2CCCCCC2)CC1. The lowest BCUT2D eigenvalue weighted by atomic mass is 9.95. The summed E-state index contributed by atoms with van der Waals surface area (Å²) in [5.41, 5.74) is 2.80. The summed E-state index contributed by atoms with van der Waals surface area (Å²) in [4.78, 5) is 20.8. The molecule has 2 aliphatic heterocycles. The molecule has 0 atom stereocenters. The Balaban J connectivity index is 1.33. The van der Waals surface area contributed by atoms with Gasteiger partial charge in [-0.05, 0) is 75.4 Å². The highest BCUT2D eigenvalue weighted by molar-refractivity contribution is 5.90. The van der Waals surface area contributed by atoms with Crippen molar-refractivity contribution in [2.75, 3.05) is 32.7 Å². The second-order valence-electron chi connectivity index (χ2n) is 8.63. The van der Waals surface area contributed by atoms with E-state index in [4.69, 9.17) is 0 Å². The van der Waals surface area contributed by atoms with Crippen LogP contribution in [0.3, 0.4) is 0 Å². The van der Waals surface area contributed by atoms with Crippen molar-refractivity contribution in [2.45, 2.75) is 51.9 Å². The number of halogens is 1. The Morgan fingerprint density at radius 1 is 1.11 bits per heavy atom. The Morgan fingerprint density at radius 2 is 1.82 bits per heavy atom. The lowest BCUT2D eigenvalue weighted by Gasteiger charge is -2.34. The molecule has 28 heavy (non-hydrogen) atoms. The molecule has 0 saturated carbocycles. The van der Waals surface area contributed by atoms with Crippen LogP contribution in [0, 0.1) is 18.7 Å². The van der Waals surface area contributed by atoms with Crippen LogP contribution in [0.15, 0.2) is 18.2 Å². The van der Waals surface area contributed by atoms with Gasteiger partial charge < -0.3 is 14.8 Å². The summed E-state index contributed by atoms with van der Waals surface area (Å²) in [5, 5.41) is 0.835. The van der Waals surface area contributed by atoms with Crippen LogP contribution < -0.4 is 0 Å². The highest BCUT2D eigenvalue weighted by Crippen LogP contribution is 2.26. The van der Waals surface area contributed by atoms with Crippen molar-refractivity contribution < 1.29 is 9.18 Å². The van der Waals surface area contributed by atoms with Gasteiger partial charge in [-0.15, -0.1) is 0 Å². The highest BCUT2D eigenvalue weighted by Gasteiger charge is 2.25. The summed E-state index contributed by atoms with van der Waals surface area (Å²) in [6.07, 6.45) is 7.98. The number of hydrogen-bond acceptors (Lipinski definition) is 2. The van der Waals surface area contributed by atoms with Crippen LogP contribution in [0.5, 0.6) is 0 Å². The molecule has 0 bridgehead atoms. The number of amides is 1. The molecular formula is C23H32FN3O. The van der Waals surface area contributed by atoms with E-state index in [9.17, 15) is 9.18 Å². The second-order valence-corrected chi connectivity index (χ2v) is 8.63. The zero-order valence-corrected chi connectivity index (χ0v) is 17.0. The fourth-order valence-electron chi connectivity index (χ4n) is 4.89. The molecule has 1 aromatic heterocycles. The van der Waals surface area contributed by atoms with Crippen molar-refractivity contribution in [3.05, 3.63) is 35.3 Å². The van der Waals surface area contributed by atoms with Crippen molar-refractivity contribution in [3.8, 4) is 0 Å². The number of H-pyrrole nitrogens is 1. The minimum Gasteiger partial charge on any atom is -0.358 e. The number of nitrogens with zero attached hydrogens (tertiary/aromatic N) is 2. The number of benzene rings is 1. The number of hydrogen-bond donors (Lipinski definition) is 1. The average molecular weight is 386 g/mol. The van der Waals surface area contributed by atoms with Gasteiger partial charge in [0.1, 0.15) is 5.82 Å². The smallest absolute Gasteiger partial charge is 0.227 e. The summed E-state index contributed by atoms with van der Waals surface area (Å²) < 4.78 is 13.7. The Bertz CT molecular complexity index is 815. The largest absolute Gasteiger partial charge is 0.358 e. The lowest BCUT2D eigenvalue weighted by Crippen LogP contribution is -2.42. The molecular weight excluding hydrogens is 353 g/mol. The molecule has 152 valence electrons. The number of rotatable bonds is 4. The first kappa shape index (κ1) is 19.4. The fraction of sp³-hybridized carbons (Fsp3) is 0.609. The van der Waals surface area contributed by atoms with Crippen LogP contribution in [-0.4, -0.2) is 53.4 Å². The molecule has 0 spiro atoms. The van der Waals surface area contributed by atoms with E-state index in [1.165, 1.54) is 57.5 Å². The van der Waals surface area contributed by atoms with E-state index in [1.807, 2.05) is 11.8 Å². The molecule has 2 aromatic rings. The van der Waals surface area contributed by atoms with Crippen molar-refractivity contribution in [1.82, 2.24) is 14.8 Å². The molecule has 3 heterocycles. The van der Waals surface area contributed by atoms with Crippen LogP contribution in [0.2, 0.25) is 0 Å². The van der Waals surface area contributed by atoms with Crippen molar-refractivity contribution in [1.29, 1.82) is 0 Å². The standard InChI is InChI=1S/C23H32FN3O/c1-17-20(21-14-19(24)6-7-22(21)25-17)15-23(28)27-12-8-18(9-13-27)16-26-10-4-2-3-5-11-26/h6-7,14,18,25H,2-5,8-13,15-16H2,1H3. The fourth-order valence-corrected chi connectivity index (χ4v) is 4.89. The van der Waals surface area contributed by atoms with E-state index >= 15 is 0 Å². The molecule has 0 radical (unpaired) electrons. The minimum absolute atomic E-state index is 0.168. The number of aryl methyl sites for hydroxylation is 1. The maximum absolute atomic E-state index is 13.7. The van der Waals surface area contributed by atoms with Gasteiger partial charge in [0.2, 0.25) is 5.91 Å². The van der Waals surface area contributed by atoms with E-state index in [0.29, 0.717) is 12.3 Å². The van der Waals surface area contributed by atoms with Gasteiger partial charge in [-0.3, -0.25) is 4.79 Å². The summed E-state index contributed by atoms with van der Waals surface area (Å²) >= 11 is 0. The van der Waals surface area contributed by atoms with Crippen LogP contribution >= 0.6 is 0 Å². The number of aromatic amines is 1. The van der Waals surface area contributed by atoms with Gasteiger partial charge in [0.05, 0.1) is 6.42 Å². The minimum atomic E-state index is -0.255. The molecule has 2 fully saturated rings. The molecule has 0 unspecified atom stereocenters. The zero-order chi connectivity index (χ0) is 19.5. The Kier molecular flexibility index (Phi) is 6.00. The topological polar surface area (TPSA) is 39.3 Å². The number of aromatic nitrogens is 1. The first-order chi connectivity index (χ1) is 13.6. The third kappa shape index (κ3) is 4.40. The van der Waals surface area contributed by atoms with Gasteiger partial charge in [0, 0.05) is 36.2 Å². The van der Waals surface area contributed by atoms with Gasteiger partial charge in [-0.1, -0.05) is 12.8 Å². The zero-order valence-electron chi connectivity index (χ0n) is 17.0. The van der Waals surface area contributed by atoms with Crippen LogP contribution in [0.25, 0.3) is 10.9 Å². The maximum atomic E-state index is 13.7. The Labute approximate surface area is 167 Å². The summed E-state index contributed by atoms with van der Waals surface area (Å²) in [6, 6.07) is 4.74. The first-order valence-corrected chi connectivity index (χ1v) is 10.9. The van der Waals surface area contributed by atoms with Crippen LogP contribution in [0.1, 0.15) is 49.8 Å². The molecule has 2 aliphatic rings.